The van der Waals surface area contributed by atoms with E-state index in [1.54, 1.807) is 0 Å². The second-order valence-corrected chi connectivity index (χ2v) is 13.7. The largest absolute Gasteiger partial charge is 0.387 e. The highest BCUT2D eigenvalue weighted by Crippen LogP contribution is 2.43. The van der Waals surface area contributed by atoms with E-state index in [2.05, 4.69) is 153 Å². The van der Waals surface area contributed by atoms with Crippen molar-refractivity contribution in [2.75, 3.05) is 6.54 Å². The molecule has 0 radical (unpaired) electrons. The van der Waals surface area contributed by atoms with Crippen LogP contribution in [0.15, 0.2) is 144 Å². The molecule has 1 aromatic carbocycles. The second kappa shape index (κ2) is 21.9. The highest BCUT2D eigenvalue weighted by Gasteiger charge is 2.35. The Morgan fingerprint density at radius 1 is 1.02 bits per heavy atom. The molecule has 0 amide bonds. The maximum absolute atomic E-state index is 5.06. The van der Waals surface area contributed by atoms with E-state index in [1.807, 2.05) is 31.5 Å². The maximum atomic E-state index is 5.06. The van der Waals surface area contributed by atoms with Crippen LogP contribution in [-0.2, 0) is 0 Å². The van der Waals surface area contributed by atoms with Gasteiger partial charge in [-0.2, -0.15) is 0 Å². The van der Waals surface area contributed by atoms with Crippen molar-refractivity contribution < 1.29 is 0 Å². The quantitative estimate of drug-likeness (QED) is 0.109. The zero-order valence-electron chi connectivity index (χ0n) is 32.3. The summed E-state index contributed by atoms with van der Waals surface area (Å²) < 4.78 is 0. The minimum absolute atomic E-state index is 0.201. The van der Waals surface area contributed by atoms with Gasteiger partial charge in [-0.1, -0.05) is 138 Å². The van der Waals surface area contributed by atoms with E-state index in [1.165, 1.54) is 39.0 Å². The Kier molecular flexibility index (Phi) is 18.5. The Labute approximate surface area is 301 Å². The highest BCUT2D eigenvalue weighted by molar-refractivity contribution is 5.86. The molecule has 0 spiro atoms. The zero-order valence-corrected chi connectivity index (χ0v) is 32.3. The molecule has 0 aliphatic carbocycles. The number of allylic oxidation sites excluding steroid dienone is 14. The lowest BCUT2D eigenvalue weighted by molar-refractivity contribution is 0.171. The van der Waals surface area contributed by atoms with Gasteiger partial charge in [0.2, 0.25) is 0 Å². The molecule has 0 fully saturated rings. The first-order valence-electron chi connectivity index (χ1n) is 18.5. The van der Waals surface area contributed by atoms with Crippen molar-refractivity contribution in [3.63, 3.8) is 0 Å². The van der Waals surface area contributed by atoms with Crippen LogP contribution in [0.25, 0.3) is 5.57 Å². The van der Waals surface area contributed by atoms with Gasteiger partial charge in [-0.05, 0) is 129 Å². The van der Waals surface area contributed by atoms with Gasteiger partial charge in [-0.3, -0.25) is 4.99 Å². The number of hydrogen-bond donors (Lipinski definition) is 1. The minimum atomic E-state index is 0.201. The van der Waals surface area contributed by atoms with Crippen molar-refractivity contribution in [3.05, 3.63) is 150 Å². The first-order chi connectivity index (χ1) is 23.6. The van der Waals surface area contributed by atoms with E-state index < -0.39 is 0 Å². The molecular weight excluding hydrogens is 593 g/mol. The molecular formula is C47H66N2. The van der Waals surface area contributed by atoms with Crippen LogP contribution in [-0.4, -0.2) is 18.8 Å². The lowest BCUT2D eigenvalue weighted by Gasteiger charge is -2.39. The lowest BCUT2D eigenvalue weighted by atomic mass is 9.67. The number of nitrogens with one attached hydrogen (secondary N) is 1. The molecule has 2 rings (SSSR count). The van der Waals surface area contributed by atoms with Crippen molar-refractivity contribution in [2.24, 2.45) is 34.6 Å². The summed E-state index contributed by atoms with van der Waals surface area (Å²) in [7, 11) is 0. The third-order valence-electron chi connectivity index (χ3n) is 10.4. The Morgan fingerprint density at radius 2 is 1.73 bits per heavy atom. The van der Waals surface area contributed by atoms with E-state index >= 15 is 0 Å². The van der Waals surface area contributed by atoms with Crippen LogP contribution < -0.4 is 5.32 Å². The van der Waals surface area contributed by atoms with Crippen molar-refractivity contribution in [2.45, 2.75) is 94.0 Å². The van der Waals surface area contributed by atoms with Crippen LogP contribution in [0.4, 0.5) is 0 Å². The maximum Gasteiger partial charge on any atom is 0.0573 e. The number of nitrogens with zero attached hydrogens (tertiary/aromatic N) is 1. The summed E-state index contributed by atoms with van der Waals surface area (Å²) in [6.45, 7) is 33.9. The summed E-state index contributed by atoms with van der Waals surface area (Å²) in [5.74, 6) is 1.86. The van der Waals surface area contributed by atoms with Crippen molar-refractivity contribution in [3.8, 4) is 0 Å². The summed E-state index contributed by atoms with van der Waals surface area (Å²) >= 11 is 0. The van der Waals surface area contributed by atoms with Gasteiger partial charge in [0.1, 0.15) is 0 Å². The molecule has 2 nitrogen and oxygen atoms in total. The van der Waals surface area contributed by atoms with E-state index in [0.717, 1.165) is 37.8 Å². The topological polar surface area (TPSA) is 24.4 Å². The summed E-state index contributed by atoms with van der Waals surface area (Å²) in [5, 5.41) is 3.35. The third kappa shape index (κ3) is 11.9. The molecule has 264 valence electrons. The number of hydrogen-bond acceptors (Lipinski definition) is 2. The SMILES string of the molecule is C=C\C=C/C(=C(\C)C(C)C(/C=C\C)C(C)C(C)C(CC=C)C1CC(C(=C)CN/C=C\C)=CC=N1)C(=C(/C=C\CC)CC)/c1ccc(C)cc1. The van der Waals surface area contributed by atoms with E-state index in [0.29, 0.717) is 29.6 Å². The van der Waals surface area contributed by atoms with E-state index in [4.69, 9.17) is 4.99 Å². The van der Waals surface area contributed by atoms with Crippen molar-refractivity contribution in [1.29, 1.82) is 0 Å². The average molecular weight is 659 g/mol. The van der Waals surface area contributed by atoms with Gasteiger partial charge in [0, 0.05) is 12.8 Å². The monoisotopic (exact) mass is 659 g/mol. The normalized spacial score (nSPS) is 19.4. The first-order valence-corrected chi connectivity index (χ1v) is 18.5. The van der Waals surface area contributed by atoms with Gasteiger partial charge in [0.15, 0.2) is 0 Å². The Morgan fingerprint density at radius 3 is 2.33 bits per heavy atom. The first kappa shape index (κ1) is 41.3. The third-order valence-corrected chi connectivity index (χ3v) is 10.4. The number of benzene rings is 1. The molecule has 1 aliphatic heterocycles. The fourth-order valence-electron chi connectivity index (χ4n) is 7.18. The van der Waals surface area contributed by atoms with Gasteiger partial charge >= 0.3 is 0 Å². The molecule has 1 aromatic rings. The van der Waals surface area contributed by atoms with Gasteiger partial charge in [-0.25, -0.2) is 0 Å². The van der Waals surface area contributed by atoms with Crippen LogP contribution in [0.1, 0.15) is 92.2 Å². The van der Waals surface area contributed by atoms with E-state index in [-0.39, 0.29) is 6.04 Å². The number of dihydropyridines is 1. The Hall–Kier alpha value is -3.91. The molecule has 2 heteroatoms. The standard InChI is InChI=1S/C47H66N2/c1-13-19-23-40(18-6)47(41-27-25-34(7)26-28-41)45(24-20-14-2)39(12)37(10)43(21-15-3)36(9)38(11)44(22-16-4)46-32-42(29-31-49-46)35(8)33-48-30-17-5/h14-17,19-21,23-31,36-38,43-44,46,48H,2,4,8,13,18,22,32-33H2,1,3,5-7,9-12H3/b21-15-,23-19-,24-20-,30-17-,45-39-,47-40+. The predicted octanol–water partition coefficient (Wildman–Crippen LogP) is 12.9. The summed E-state index contributed by atoms with van der Waals surface area (Å²) in [6, 6.07) is 9.23. The Balaban J connectivity index is 2.62. The fraction of sp³-hybridized carbons (Fsp3) is 0.426. The molecule has 1 N–H and O–H groups in total. The van der Waals surface area contributed by atoms with Crippen LogP contribution in [0, 0.1) is 36.5 Å². The highest BCUT2D eigenvalue weighted by atomic mass is 14.8. The number of aliphatic imine (C=N–C) groups is 1. The fourth-order valence-corrected chi connectivity index (χ4v) is 7.18. The molecule has 0 saturated carbocycles. The lowest BCUT2D eigenvalue weighted by Crippen LogP contribution is -2.35. The molecule has 1 heterocycles. The zero-order chi connectivity index (χ0) is 36.3. The minimum Gasteiger partial charge on any atom is -0.387 e. The van der Waals surface area contributed by atoms with Gasteiger partial charge in [-0.15, -0.1) is 6.58 Å². The summed E-state index contributed by atoms with van der Waals surface area (Å²) in [5.41, 5.74) is 10.3. The second-order valence-electron chi connectivity index (χ2n) is 13.7. The smallest absolute Gasteiger partial charge is 0.0573 e. The van der Waals surface area contributed by atoms with E-state index in [9.17, 15) is 0 Å². The number of rotatable bonds is 20. The van der Waals surface area contributed by atoms with Crippen LogP contribution in [0.5, 0.6) is 0 Å². The molecule has 6 unspecified atom stereocenters. The number of aryl methyl sites for hydroxylation is 1. The van der Waals surface area contributed by atoms with Crippen LogP contribution in [0.2, 0.25) is 0 Å². The van der Waals surface area contributed by atoms with Gasteiger partial charge in [0.05, 0.1) is 6.04 Å². The molecule has 6 atom stereocenters. The molecule has 1 aliphatic rings. The Bertz CT molecular complexity index is 1470. The van der Waals surface area contributed by atoms with Crippen molar-refractivity contribution in [1.82, 2.24) is 5.32 Å². The average Bonchev–Trinajstić information content (AvgIpc) is 3.11. The molecule has 0 bridgehead atoms. The van der Waals surface area contributed by atoms with Crippen molar-refractivity contribution >= 4 is 11.8 Å². The van der Waals surface area contributed by atoms with Gasteiger partial charge < -0.3 is 5.32 Å². The predicted molar refractivity (Wildman–Crippen MR) is 221 cm³/mol. The summed E-state index contributed by atoms with van der Waals surface area (Å²) in [6.07, 6.45) is 29.7. The molecule has 0 aromatic heterocycles. The molecule has 49 heavy (non-hydrogen) atoms. The summed E-state index contributed by atoms with van der Waals surface area (Å²) in [4.78, 5) is 5.06. The molecule has 0 saturated heterocycles. The van der Waals surface area contributed by atoms with Gasteiger partial charge in [0.25, 0.3) is 0 Å². The van der Waals surface area contributed by atoms with Crippen LogP contribution >= 0.6 is 0 Å². The van der Waals surface area contributed by atoms with Crippen LogP contribution in [0.3, 0.4) is 0 Å².